The molecule has 2 aromatic rings. The van der Waals surface area contributed by atoms with Gasteiger partial charge < -0.3 is 10.6 Å². The summed E-state index contributed by atoms with van der Waals surface area (Å²) < 4.78 is 0. The summed E-state index contributed by atoms with van der Waals surface area (Å²) in [5.41, 5.74) is 5.95. The predicted molar refractivity (Wildman–Crippen MR) is 94.9 cm³/mol. The largest absolute Gasteiger partial charge is 0.331 e. The molecule has 1 aliphatic rings. The Morgan fingerprint density at radius 3 is 2.43 bits per heavy atom. The van der Waals surface area contributed by atoms with Crippen LogP contribution in [-0.4, -0.2) is 6.03 Å². The van der Waals surface area contributed by atoms with Crippen molar-refractivity contribution in [1.82, 2.24) is 5.32 Å². The molecular formula is C20H24N2O. The van der Waals surface area contributed by atoms with Crippen LogP contribution >= 0.6 is 0 Å². The molecule has 0 radical (unpaired) electrons. The van der Waals surface area contributed by atoms with Crippen molar-refractivity contribution in [2.24, 2.45) is 0 Å². The minimum absolute atomic E-state index is 0.109. The van der Waals surface area contributed by atoms with Crippen molar-refractivity contribution >= 4 is 11.7 Å². The van der Waals surface area contributed by atoms with E-state index in [0.717, 1.165) is 31.4 Å². The SMILES string of the molecule is CCc1cccc(CC)c1NC(=O)NC1CCc2ccccc21. The summed E-state index contributed by atoms with van der Waals surface area (Å²) in [6.45, 7) is 4.23. The molecule has 23 heavy (non-hydrogen) atoms. The maximum atomic E-state index is 12.5. The highest BCUT2D eigenvalue weighted by Crippen LogP contribution is 2.31. The Morgan fingerprint density at radius 1 is 1.04 bits per heavy atom. The normalized spacial score (nSPS) is 16.0. The monoisotopic (exact) mass is 308 g/mol. The van der Waals surface area contributed by atoms with Crippen LogP contribution in [0.5, 0.6) is 0 Å². The van der Waals surface area contributed by atoms with E-state index in [1.54, 1.807) is 0 Å². The highest BCUT2D eigenvalue weighted by Gasteiger charge is 2.23. The molecule has 3 heteroatoms. The molecule has 1 aliphatic carbocycles. The Morgan fingerprint density at radius 2 is 1.74 bits per heavy atom. The zero-order valence-corrected chi connectivity index (χ0v) is 13.9. The number of para-hydroxylation sites is 1. The first-order valence-electron chi connectivity index (χ1n) is 8.49. The number of carbonyl (C=O) groups excluding carboxylic acids is 1. The Hall–Kier alpha value is -2.29. The van der Waals surface area contributed by atoms with Gasteiger partial charge in [-0.05, 0) is 47.9 Å². The van der Waals surface area contributed by atoms with E-state index in [0.29, 0.717) is 0 Å². The molecule has 0 saturated carbocycles. The molecule has 0 fully saturated rings. The van der Waals surface area contributed by atoms with E-state index in [1.165, 1.54) is 22.3 Å². The number of hydrogen-bond acceptors (Lipinski definition) is 1. The van der Waals surface area contributed by atoms with Gasteiger partial charge in [0.15, 0.2) is 0 Å². The molecule has 3 rings (SSSR count). The van der Waals surface area contributed by atoms with Crippen LogP contribution in [0.1, 0.15) is 48.6 Å². The van der Waals surface area contributed by atoms with Gasteiger partial charge in [0.25, 0.3) is 0 Å². The second-order valence-electron chi connectivity index (χ2n) is 6.05. The van der Waals surface area contributed by atoms with Crippen molar-refractivity contribution in [2.45, 2.75) is 45.6 Å². The van der Waals surface area contributed by atoms with Crippen LogP contribution in [0.15, 0.2) is 42.5 Å². The second-order valence-corrected chi connectivity index (χ2v) is 6.05. The smallest absolute Gasteiger partial charge is 0.319 e. The van der Waals surface area contributed by atoms with Gasteiger partial charge in [-0.15, -0.1) is 0 Å². The highest BCUT2D eigenvalue weighted by molar-refractivity contribution is 5.91. The van der Waals surface area contributed by atoms with Gasteiger partial charge in [-0.1, -0.05) is 56.3 Å². The van der Waals surface area contributed by atoms with Crippen LogP contribution in [0.3, 0.4) is 0 Å². The fraction of sp³-hybridized carbons (Fsp3) is 0.350. The Balaban J connectivity index is 1.74. The first kappa shape index (κ1) is 15.6. The lowest BCUT2D eigenvalue weighted by molar-refractivity contribution is 0.248. The lowest BCUT2D eigenvalue weighted by Gasteiger charge is -2.18. The molecule has 0 saturated heterocycles. The van der Waals surface area contributed by atoms with E-state index in [-0.39, 0.29) is 12.1 Å². The van der Waals surface area contributed by atoms with Gasteiger partial charge in [-0.3, -0.25) is 0 Å². The van der Waals surface area contributed by atoms with Crippen molar-refractivity contribution in [3.05, 3.63) is 64.7 Å². The summed E-state index contributed by atoms with van der Waals surface area (Å²) in [6, 6.07) is 14.6. The minimum atomic E-state index is -0.109. The first-order valence-corrected chi connectivity index (χ1v) is 8.49. The molecule has 2 amide bonds. The summed E-state index contributed by atoms with van der Waals surface area (Å²) in [5, 5.41) is 6.22. The Labute approximate surface area is 138 Å². The molecule has 1 unspecified atom stereocenters. The standard InChI is InChI=1S/C20H24N2O/c1-3-14-9-7-10-15(4-2)19(14)22-20(23)21-18-13-12-16-8-5-6-11-17(16)18/h5-11,18H,3-4,12-13H2,1-2H3,(H2,21,22,23). The number of carbonyl (C=O) groups is 1. The van der Waals surface area contributed by atoms with Crippen molar-refractivity contribution in [3.8, 4) is 0 Å². The van der Waals surface area contributed by atoms with Gasteiger partial charge in [-0.2, -0.15) is 0 Å². The number of fused-ring (bicyclic) bond motifs is 1. The topological polar surface area (TPSA) is 41.1 Å². The summed E-state index contributed by atoms with van der Waals surface area (Å²) in [5.74, 6) is 0. The number of hydrogen-bond donors (Lipinski definition) is 2. The van der Waals surface area contributed by atoms with E-state index in [9.17, 15) is 4.79 Å². The predicted octanol–water partition coefficient (Wildman–Crippen LogP) is 4.62. The lowest BCUT2D eigenvalue weighted by atomic mass is 10.0. The Bertz CT molecular complexity index is 686. The summed E-state index contributed by atoms with van der Waals surface area (Å²) in [4.78, 5) is 12.5. The molecule has 0 heterocycles. The molecule has 0 spiro atoms. The van der Waals surface area contributed by atoms with E-state index in [2.05, 4.69) is 60.9 Å². The van der Waals surface area contributed by atoms with Crippen LogP contribution < -0.4 is 10.6 Å². The number of aryl methyl sites for hydroxylation is 3. The molecule has 1 atom stereocenters. The lowest BCUT2D eigenvalue weighted by Crippen LogP contribution is -2.32. The molecule has 2 N–H and O–H groups in total. The molecule has 3 nitrogen and oxygen atoms in total. The zero-order valence-electron chi connectivity index (χ0n) is 13.9. The quantitative estimate of drug-likeness (QED) is 0.850. The van der Waals surface area contributed by atoms with E-state index >= 15 is 0 Å². The average Bonchev–Trinajstić information content (AvgIpc) is 2.98. The molecule has 0 aromatic heterocycles. The van der Waals surface area contributed by atoms with Crippen molar-refractivity contribution in [3.63, 3.8) is 0 Å². The average molecular weight is 308 g/mol. The highest BCUT2D eigenvalue weighted by atomic mass is 16.2. The molecule has 120 valence electrons. The number of rotatable bonds is 4. The van der Waals surface area contributed by atoms with Crippen LogP contribution in [0.4, 0.5) is 10.5 Å². The maximum absolute atomic E-state index is 12.5. The summed E-state index contributed by atoms with van der Waals surface area (Å²) in [6.07, 6.45) is 3.83. The van der Waals surface area contributed by atoms with Crippen LogP contribution in [-0.2, 0) is 19.3 Å². The summed E-state index contributed by atoms with van der Waals surface area (Å²) in [7, 11) is 0. The molecule has 2 aromatic carbocycles. The molecular weight excluding hydrogens is 284 g/mol. The number of anilines is 1. The van der Waals surface area contributed by atoms with Crippen LogP contribution in [0.2, 0.25) is 0 Å². The van der Waals surface area contributed by atoms with E-state index in [4.69, 9.17) is 0 Å². The summed E-state index contributed by atoms with van der Waals surface area (Å²) >= 11 is 0. The molecule has 0 aliphatic heterocycles. The fourth-order valence-corrected chi connectivity index (χ4v) is 3.42. The van der Waals surface area contributed by atoms with Gasteiger partial charge >= 0.3 is 6.03 Å². The Kier molecular flexibility index (Phi) is 4.65. The second kappa shape index (κ2) is 6.86. The van der Waals surface area contributed by atoms with Crippen molar-refractivity contribution < 1.29 is 4.79 Å². The fourth-order valence-electron chi connectivity index (χ4n) is 3.42. The number of amides is 2. The third-order valence-corrected chi connectivity index (χ3v) is 4.68. The number of nitrogens with one attached hydrogen (secondary N) is 2. The van der Waals surface area contributed by atoms with Crippen LogP contribution in [0.25, 0.3) is 0 Å². The zero-order chi connectivity index (χ0) is 16.2. The third-order valence-electron chi connectivity index (χ3n) is 4.68. The van der Waals surface area contributed by atoms with Gasteiger partial charge in [0.05, 0.1) is 6.04 Å². The number of urea groups is 1. The van der Waals surface area contributed by atoms with Gasteiger partial charge in [-0.25, -0.2) is 4.79 Å². The van der Waals surface area contributed by atoms with Gasteiger partial charge in [0.1, 0.15) is 0 Å². The minimum Gasteiger partial charge on any atom is -0.331 e. The number of benzene rings is 2. The van der Waals surface area contributed by atoms with Crippen LogP contribution in [0, 0.1) is 0 Å². The van der Waals surface area contributed by atoms with E-state index < -0.39 is 0 Å². The van der Waals surface area contributed by atoms with Crippen molar-refractivity contribution in [1.29, 1.82) is 0 Å². The molecule has 0 bridgehead atoms. The first-order chi connectivity index (χ1) is 11.2. The van der Waals surface area contributed by atoms with Gasteiger partial charge in [0, 0.05) is 5.69 Å². The van der Waals surface area contributed by atoms with Crippen molar-refractivity contribution in [2.75, 3.05) is 5.32 Å². The van der Waals surface area contributed by atoms with E-state index in [1.807, 2.05) is 6.07 Å². The van der Waals surface area contributed by atoms with Gasteiger partial charge in [0.2, 0.25) is 0 Å². The third kappa shape index (κ3) is 3.24. The maximum Gasteiger partial charge on any atom is 0.319 e.